The molecule has 3 aromatic carbocycles. The van der Waals surface area contributed by atoms with Gasteiger partial charge >= 0.3 is 0 Å². The number of epoxide rings is 1. The van der Waals surface area contributed by atoms with Crippen molar-refractivity contribution in [3.05, 3.63) is 107 Å². The van der Waals surface area contributed by atoms with Crippen LogP contribution in [0.2, 0.25) is 0 Å². The fraction of sp³-hybridized carbons (Fsp3) is 0.333. The van der Waals surface area contributed by atoms with Crippen molar-refractivity contribution in [1.29, 1.82) is 0 Å². The fourth-order valence-corrected chi connectivity index (χ4v) is 5.17. The maximum absolute atomic E-state index is 14.9. The van der Waals surface area contributed by atoms with E-state index in [9.17, 15) is 17.6 Å². The maximum atomic E-state index is 14.9. The van der Waals surface area contributed by atoms with Gasteiger partial charge in [0.05, 0.1) is 6.61 Å². The summed E-state index contributed by atoms with van der Waals surface area (Å²) >= 11 is 0. The lowest BCUT2D eigenvalue weighted by atomic mass is 9.78. The molecular formula is C30H28F4O. The van der Waals surface area contributed by atoms with Gasteiger partial charge in [0.1, 0.15) is 6.10 Å². The number of hydrogen-bond acceptors (Lipinski definition) is 1. The van der Waals surface area contributed by atoms with E-state index in [4.69, 9.17) is 4.74 Å². The van der Waals surface area contributed by atoms with Gasteiger partial charge in [-0.25, -0.2) is 17.6 Å². The van der Waals surface area contributed by atoms with Crippen LogP contribution >= 0.6 is 0 Å². The summed E-state index contributed by atoms with van der Waals surface area (Å²) in [6, 6.07) is 13.6. The molecule has 182 valence electrons. The van der Waals surface area contributed by atoms with Crippen LogP contribution in [0.1, 0.15) is 60.0 Å². The van der Waals surface area contributed by atoms with Crippen LogP contribution in [-0.2, 0) is 17.6 Å². The molecule has 5 heteroatoms. The molecule has 1 unspecified atom stereocenters. The van der Waals surface area contributed by atoms with Crippen LogP contribution in [0, 0.1) is 29.2 Å². The second-order valence-corrected chi connectivity index (χ2v) is 9.64. The topological polar surface area (TPSA) is 12.5 Å². The highest BCUT2D eigenvalue weighted by Gasteiger charge is 2.30. The van der Waals surface area contributed by atoms with Crippen molar-refractivity contribution >= 4 is 0 Å². The molecule has 1 nitrogen and oxygen atoms in total. The van der Waals surface area contributed by atoms with Crippen LogP contribution in [-0.4, -0.2) is 6.61 Å². The Labute approximate surface area is 203 Å². The van der Waals surface area contributed by atoms with Gasteiger partial charge in [0, 0.05) is 11.1 Å². The van der Waals surface area contributed by atoms with Crippen LogP contribution in [0.15, 0.2) is 61.2 Å². The molecule has 5 rings (SSSR count). The molecule has 2 aliphatic rings. The molecule has 0 amide bonds. The highest BCUT2D eigenvalue weighted by Crippen LogP contribution is 2.38. The number of rotatable bonds is 7. The summed E-state index contributed by atoms with van der Waals surface area (Å²) in [5.41, 5.74) is 2.72. The molecule has 0 spiro atoms. The van der Waals surface area contributed by atoms with Crippen molar-refractivity contribution < 1.29 is 22.3 Å². The van der Waals surface area contributed by atoms with Gasteiger partial charge in [-0.2, -0.15) is 0 Å². The number of hydrogen-bond donors (Lipinski definition) is 0. The molecule has 3 aromatic rings. The monoisotopic (exact) mass is 480 g/mol. The molecule has 0 bridgehead atoms. The van der Waals surface area contributed by atoms with E-state index in [0.717, 1.165) is 31.2 Å². The summed E-state index contributed by atoms with van der Waals surface area (Å²) in [5, 5.41) is 0. The van der Waals surface area contributed by atoms with Gasteiger partial charge in [0.25, 0.3) is 0 Å². The smallest absolute Gasteiger partial charge is 0.167 e. The Morgan fingerprint density at radius 2 is 1.40 bits per heavy atom. The largest absolute Gasteiger partial charge is 0.368 e. The second-order valence-electron chi connectivity index (χ2n) is 9.64. The third-order valence-electron chi connectivity index (χ3n) is 7.48. The van der Waals surface area contributed by atoms with E-state index in [1.807, 2.05) is 18.2 Å². The average Bonchev–Trinajstić information content (AvgIpc) is 3.72. The highest BCUT2D eigenvalue weighted by atomic mass is 19.2. The Hall–Kier alpha value is -2.92. The zero-order valence-corrected chi connectivity index (χ0v) is 19.5. The van der Waals surface area contributed by atoms with Gasteiger partial charge in [-0.05, 0) is 72.6 Å². The predicted molar refractivity (Wildman–Crippen MR) is 129 cm³/mol. The normalized spacial score (nSPS) is 21.7. The zero-order valence-electron chi connectivity index (χ0n) is 19.5. The van der Waals surface area contributed by atoms with Crippen LogP contribution in [0.3, 0.4) is 0 Å². The minimum atomic E-state index is -0.888. The molecular weight excluding hydrogens is 452 g/mol. The Bertz CT molecular complexity index is 1220. The highest BCUT2D eigenvalue weighted by molar-refractivity contribution is 5.65. The van der Waals surface area contributed by atoms with Crippen molar-refractivity contribution in [2.45, 2.75) is 50.5 Å². The Kier molecular flexibility index (Phi) is 6.79. The first-order valence-corrected chi connectivity index (χ1v) is 12.2. The summed E-state index contributed by atoms with van der Waals surface area (Å²) in [7, 11) is 0. The standard InChI is InChI=1S/C30H28F4O/c1-2-18-3-8-20(9-4-18)23-14-13-22(27(31)28(23)32)12-7-19-5-10-21(11-6-19)24-15-16-25(26-17-35-26)30(34)29(24)33/h2,5-6,10-11,13-16,18,20,26H,1,3-4,7-9,12,17H2. The van der Waals surface area contributed by atoms with Gasteiger partial charge in [0.2, 0.25) is 0 Å². The Morgan fingerprint density at radius 3 is 2.06 bits per heavy atom. The van der Waals surface area contributed by atoms with E-state index in [1.54, 1.807) is 36.4 Å². The van der Waals surface area contributed by atoms with Crippen LogP contribution in [0.25, 0.3) is 11.1 Å². The van der Waals surface area contributed by atoms with Gasteiger partial charge in [-0.15, -0.1) is 6.58 Å². The summed E-state index contributed by atoms with van der Waals surface area (Å²) < 4.78 is 63.7. The molecule has 1 atom stereocenters. The fourth-order valence-electron chi connectivity index (χ4n) is 5.17. The minimum Gasteiger partial charge on any atom is -0.368 e. The van der Waals surface area contributed by atoms with E-state index >= 15 is 0 Å². The molecule has 35 heavy (non-hydrogen) atoms. The molecule has 0 N–H and O–H groups in total. The second kappa shape index (κ2) is 9.98. The van der Waals surface area contributed by atoms with Gasteiger partial charge in [-0.1, -0.05) is 54.6 Å². The summed E-state index contributed by atoms with van der Waals surface area (Å²) in [4.78, 5) is 0. The third-order valence-corrected chi connectivity index (χ3v) is 7.48. The molecule has 1 saturated heterocycles. The minimum absolute atomic E-state index is 0.0541. The lowest BCUT2D eigenvalue weighted by molar-refractivity contribution is 0.363. The first-order chi connectivity index (χ1) is 17.0. The molecule has 0 radical (unpaired) electrons. The molecule has 1 saturated carbocycles. The molecule has 1 aliphatic heterocycles. The van der Waals surface area contributed by atoms with Gasteiger partial charge in [-0.3, -0.25) is 0 Å². The number of halogens is 4. The third kappa shape index (κ3) is 4.92. The summed E-state index contributed by atoms with van der Waals surface area (Å²) in [6.07, 6.45) is 6.08. The molecule has 0 aromatic heterocycles. The molecule has 1 heterocycles. The van der Waals surface area contributed by atoms with Gasteiger partial charge in [0.15, 0.2) is 23.3 Å². The van der Waals surface area contributed by atoms with Crippen molar-refractivity contribution in [3.8, 4) is 11.1 Å². The van der Waals surface area contributed by atoms with Crippen LogP contribution < -0.4 is 0 Å². The van der Waals surface area contributed by atoms with E-state index in [1.165, 1.54) is 0 Å². The number of ether oxygens (including phenoxy) is 1. The first-order valence-electron chi connectivity index (χ1n) is 12.2. The van der Waals surface area contributed by atoms with Crippen molar-refractivity contribution in [3.63, 3.8) is 0 Å². The van der Waals surface area contributed by atoms with E-state index < -0.39 is 23.3 Å². The Balaban J connectivity index is 1.25. The maximum Gasteiger partial charge on any atom is 0.167 e. The SMILES string of the molecule is C=CC1CCC(c2ccc(CCc3ccc(-c4ccc(C5CO5)c(F)c4F)cc3)c(F)c2F)CC1. The summed E-state index contributed by atoms with van der Waals surface area (Å²) in [5.74, 6) is -2.72. The van der Waals surface area contributed by atoms with E-state index in [0.29, 0.717) is 42.1 Å². The lowest BCUT2D eigenvalue weighted by Crippen LogP contribution is -2.14. The average molecular weight is 481 g/mol. The quantitative estimate of drug-likeness (QED) is 0.189. The number of aryl methyl sites for hydroxylation is 2. The van der Waals surface area contributed by atoms with Crippen molar-refractivity contribution in [1.82, 2.24) is 0 Å². The van der Waals surface area contributed by atoms with Crippen LogP contribution in [0.5, 0.6) is 0 Å². The number of allylic oxidation sites excluding steroid dienone is 1. The first kappa shape index (κ1) is 23.8. The van der Waals surface area contributed by atoms with Crippen LogP contribution in [0.4, 0.5) is 17.6 Å². The van der Waals surface area contributed by atoms with E-state index in [2.05, 4.69) is 6.58 Å². The summed E-state index contributed by atoms with van der Waals surface area (Å²) in [6.45, 7) is 4.25. The number of benzene rings is 3. The van der Waals surface area contributed by atoms with Gasteiger partial charge < -0.3 is 4.74 Å². The zero-order chi connectivity index (χ0) is 24.5. The van der Waals surface area contributed by atoms with Crippen molar-refractivity contribution in [2.75, 3.05) is 6.61 Å². The predicted octanol–water partition coefficient (Wildman–Crippen LogP) is 8.23. The lowest BCUT2D eigenvalue weighted by Gasteiger charge is -2.27. The van der Waals surface area contributed by atoms with E-state index in [-0.39, 0.29) is 23.1 Å². The van der Waals surface area contributed by atoms with Crippen molar-refractivity contribution in [2.24, 2.45) is 5.92 Å². The molecule has 1 aliphatic carbocycles. The Morgan fingerprint density at radius 1 is 0.743 bits per heavy atom. The molecule has 2 fully saturated rings.